The lowest BCUT2D eigenvalue weighted by atomic mass is 9.76. The number of halogens is 1. The summed E-state index contributed by atoms with van der Waals surface area (Å²) in [6.45, 7) is 0. The second kappa shape index (κ2) is 11.3. The van der Waals surface area contributed by atoms with Gasteiger partial charge in [-0.05, 0) is 43.2 Å². The zero-order chi connectivity index (χ0) is 23.8. The Morgan fingerprint density at radius 3 is 2.39 bits per heavy atom. The second-order valence-corrected chi connectivity index (χ2v) is 8.44. The summed E-state index contributed by atoms with van der Waals surface area (Å²) in [7, 11) is 3.12. The number of carbonyl (C=O) groups excluding carboxylic acids is 1. The number of anilines is 1. The van der Waals surface area contributed by atoms with Crippen molar-refractivity contribution in [1.29, 1.82) is 5.26 Å². The molecule has 0 bridgehead atoms. The first-order valence-corrected chi connectivity index (χ1v) is 11.2. The molecule has 1 saturated carbocycles. The number of benzene rings is 2. The van der Waals surface area contributed by atoms with E-state index in [4.69, 9.17) is 26.3 Å². The van der Waals surface area contributed by atoms with Gasteiger partial charge in [-0.25, -0.2) is 0 Å². The van der Waals surface area contributed by atoms with Crippen LogP contribution < -0.4 is 5.32 Å². The number of hydrogen-bond acceptors (Lipinski definition) is 5. The Morgan fingerprint density at radius 1 is 1.15 bits per heavy atom. The third-order valence-corrected chi connectivity index (χ3v) is 6.21. The predicted octanol–water partition coefficient (Wildman–Crippen LogP) is 4.80. The Bertz CT molecular complexity index is 1070. The number of rotatable bonds is 6. The van der Waals surface area contributed by atoms with E-state index in [9.17, 15) is 9.90 Å². The second-order valence-electron chi connectivity index (χ2n) is 8.04. The van der Waals surface area contributed by atoms with Gasteiger partial charge in [0.15, 0.2) is 6.29 Å². The van der Waals surface area contributed by atoms with E-state index < -0.39 is 17.8 Å². The normalized spacial score (nSPS) is 15.8. The molecule has 1 amide bonds. The third-order valence-electron chi connectivity index (χ3n) is 5.90. The lowest BCUT2D eigenvalue weighted by Gasteiger charge is -2.33. The summed E-state index contributed by atoms with van der Waals surface area (Å²) in [5, 5.41) is 23.5. The minimum atomic E-state index is -1.86. The van der Waals surface area contributed by atoms with E-state index in [-0.39, 0.29) is 10.9 Å². The Kier molecular flexibility index (Phi) is 8.49. The summed E-state index contributed by atoms with van der Waals surface area (Å²) < 4.78 is 10.5. The van der Waals surface area contributed by atoms with E-state index in [1.54, 1.807) is 32.4 Å². The first kappa shape index (κ1) is 24.8. The van der Waals surface area contributed by atoms with Gasteiger partial charge in [0.1, 0.15) is 6.07 Å². The van der Waals surface area contributed by atoms with Gasteiger partial charge in [0.2, 0.25) is 5.60 Å². The predicted molar refractivity (Wildman–Crippen MR) is 126 cm³/mol. The molecule has 3 rings (SSSR count). The van der Waals surface area contributed by atoms with Gasteiger partial charge in [-0.15, -0.1) is 0 Å². The monoisotopic (exact) mass is 466 g/mol. The minimum Gasteiger partial charge on any atom is -0.369 e. The van der Waals surface area contributed by atoms with Crippen molar-refractivity contribution in [2.45, 2.75) is 44.0 Å². The van der Waals surface area contributed by atoms with Crippen LogP contribution in [0.3, 0.4) is 0 Å². The smallest absolute Gasteiger partial charge is 0.269 e. The lowest BCUT2D eigenvalue weighted by molar-refractivity contribution is -0.134. The molecule has 0 heterocycles. The third kappa shape index (κ3) is 5.93. The van der Waals surface area contributed by atoms with E-state index >= 15 is 0 Å². The van der Waals surface area contributed by atoms with Gasteiger partial charge in [0.25, 0.3) is 5.91 Å². The molecule has 33 heavy (non-hydrogen) atoms. The molecule has 0 aliphatic heterocycles. The van der Waals surface area contributed by atoms with Crippen LogP contribution >= 0.6 is 11.6 Å². The number of nitriles is 1. The van der Waals surface area contributed by atoms with E-state index in [2.05, 4.69) is 17.2 Å². The molecule has 2 N–H and O–H groups in total. The lowest BCUT2D eigenvalue weighted by Crippen LogP contribution is -2.48. The number of aliphatic hydroxyl groups is 1. The van der Waals surface area contributed by atoms with Gasteiger partial charge in [-0.2, -0.15) is 5.26 Å². The van der Waals surface area contributed by atoms with E-state index in [0.29, 0.717) is 16.8 Å². The van der Waals surface area contributed by atoms with E-state index in [1.165, 1.54) is 12.1 Å². The van der Waals surface area contributed by atoms with Crippen molar-refractivity contribution in [3.05, 3.63) is 64.2 Å². The van der Waals surface area contributed by atoms with Crippen LogP contribution in [0.1, 0.15) is 55.1 Å². The number of amides is 1. The molecular formula is C26H27ClN2O4. The van der Waals surface area contributed by atoms with E-state index in [0.717, 1.165) is 37.7 Å². The van der Waals surface area contributed by atoms with Crippen molar-refractivity contribution < 1.29 is 19.4 Å². The Balaban J connectivity index is 1.87. The molecular weight excluding hydrogens is 440 g/mol. The SMILES string of the molecule is COC(OC)c1ccc(C#CC(O)(C(=O)Nc2ccc(C#N)c(Cl)c2)C2CCCCC2)cc1. The van der Waals surface area contributed by atoms with Crippen LogP contribution in [0.2, 0.25) is 5.02 Å². The maximum absolute atomic E-state index is 13.2. The molecule has 2 aromatic carbocycles. The van der Waals surface area contributed by atoms with Crippen LogP contribution in [0, 0.1) is 29.1 Å². The maximum Gasteiger partial charge on any atom is 0.269 e. The first-order chi connectivity index (χ1) is 15.9. The zero-order valence-corrected chi connectivity index (χ0v) is 19.5. The van der Waals surface area contributed by atoms with Crippen LogP contribution in [0.25, 0.3) is 0 Å². The molecule has 7 heteroatoms. The highest BCUT2D eigenvalue weighted by molar-refractivity contribution is 6.32. The molecule has 1 unspecified atom stereocenters. The van der Waals surface area contributed by atoms with Crippen molar-refractivity contribution in [1.82, 2.24) is 0 Å². The summed E-state index contributed by atoms with van der Waals surface area (Å²) in [5.74, 6) is 4.95. The van der Waals surface area contributed by atoms with Gasteiger partial charge in [-0.3, -0.25) is 4.79 Å². The van der Waals surface area contributed by atoms with Gasteiger partial charge >= 0.3 is 0 Å². The first-order valence-electron chi connectivity index (χ1n) is 10.8. The van der Waals surface area contributed by atoms with Crippen molar-refractivity contribution >= 4 is 23.2 Å². The number of ether oxygens (including phenoxy) is 2. The summed E-state index contributed by atoms with van der Waals surface area (Å²) in [4.78, 5) is 13.2. The van der Waals surface area contributed by atoms with Crippen molar-refractivity contribution in [3.8, 4) is 17.9 Å². The van der Waals surface area contributed by atoms with Crippen LogP contribution in [0.4, 0.5) is 5.69 Å². The zero-order valence-electron chi connectivity index (χ0n) is 18.7. The number of nitrogens with one attached hydrogen (secondary N) is 1. The highest BCUT2D eigenvalue weighted by Gasteiger charge is 2.43. The molecule has 1 aliphatic rings. The molecule has 2 aromatic rings. The van der Waals surface area contributed by atoms with Crippen molar-refractivity contribution in [2.24, 2.45) is 5.92 Å². The molecule has 0 radical (unpaired) electrons. The summed E-state index contributed by atoms with van der Waals surface area (Å²) >= 11 is 6.09. The van der Waals surface area contributed by atoms with Crippen LogP contribution in [-0.4, -0.2) is 30.8 Å². The Labute approximate surface area is 199 Å². The number of nitrogens with zero attached hydrogens (tertiary/aromatic N) is 1. The highest BCUT2D eigenvalue weighted by atomic mass is 35.5. The largest absolute Gasteiger partial charge is 0.369 e. The van der Waals surface area contributed by atoms with E-state index in [1.807, 2.05) is 18.2 Å². The van der Waals surface area contributed by atoms with Crippen molar-refractivity contribution in [2.75, 3.05) is 19.5 Å². The van der Waals surface area contributed by atoms with Gasteiger partial charge < -0.3 is 19.9 Å². The number of carbonyl (C=O) groups is 1. The molecule has 0 aromatic heterocycles. The molecule has 1 aliphatic carbocycles. The van der Waals surface area contributed by atoms with Gasteiger partial charge in [0, 0.05) is 37.0 Å². The van der Waals surface area contributed by atoms with Gasteiger partial charge in [-0.1, -0.05) is 54.8 Å². The molecule has 172 valence electrons. The molecule has 1 atom stereocenters. The fourth-order valence-electron chi connectivity index (χ4n) is 4.03. The average Bonchev–Trinajstić information content (AvgIpc) is 2.84. The Morgan fingerprint density at radius 2 is 1.82 bits per heavy atom. The Hall–Kier alpha value is -2.87. The van der Waals surface area contributed by atoms with Crippen molar-refractivity contribution in [3.63, 3.8) is 0 Å². The maximum atomic E-state index is 13.2. The number of hydrogen-bond donors (Lipinski definition) is 2. The molecule has 0 spiro atoms. The fraction of sp³-hybridized carbons (Fsp3) is 0.385. The van der Waals surface area contributed by atoms with Crippen LogP contribution in [0.5, 0.6) is 0 Å². The molecule has 6 nitrogen and oxygen atoms in total. The summed E-state index contributed by atoms with van der Waals surface area (Å²) in [5.41, 5.74) is 0.344. The molecule has 1 fully saturated rings. The summed E-state index contributed by atoms with van der Waals surface area (Å²) in [6, 6.07) is 13.8. The standard InChI is InChI=1S/C26H27ClN2O4/c1-32-24(33-2)19-10-8-18(9-11-19)14-15-26(31,21-6-4-3-5-7-21)25(30)29-22-13-12-20(17-28)23(27)16-22/h8-13,16,21,24,31H,3-7H2,1-2H3,(H,29,30). The number of methoxy groups -OCH3 is 2. The minimum absolute atomic E-state index is 0.230. The summed E-state index contributed by atoms with van der Waals surface area (Å²) in [6.07, 6.45) is 3.92. The van der Waals surface area contributed by atoms with Crippen LogP contribution in [-0.2, 0) is 14.3 Å². The molecule has 0 saturated heterocycles. The van der Waals surface area contributed by atoms with Crippen LogP contribution in [0.15, 0.2) is 42.5 Å². The fourth-order valence-corrected chi connectivity index (χ4v) is 4.26. The average molecular weight is 467 g/mol. The van der Waals surface area contributed by atoms with Gasteiger partial charge in [0.05, 0.1) is 10.6 Å². The quantitative estimate of drug-likeness (QED) is 0.471. The topological polar surface area (TPSA) is 91.6 Å². The highest BCUT2D eigenvalue weighted by Crippen LogP contribution is 2.34.